The number of hydrogen-bond donors (Lipinski definition) is 2. The number of nitro groups is 1. The summed E-state index contributed by atoms with van der Waals surface area (Å²) in [7, 11) is 0. The zero-order chi connectivity index (χ0) is 15.5. The Morgan fingerprint density at radius 2 is 2.14 bits per heavy atom. The molecule has 0 amide bonds. The van der Waals surface area contributed by atoms with Gasteiger partial charge in [-0.2, -0.15) is 0 Å². The average Bonchev–Trinajstić information content (AvgIpc) is 2.46. The van der Waals surface area contributed by atoms with Crippen LogP contribution < -0.4 is 5.32 Å². The fourth-order valence-electron chi connectivity index (χ4n) is 2.44. The number of ether oxygens (including phenoxy) is 1. The topological polar surface area (TPSA) is 102 Å². The van der Waals surface area contributed by atoms with Gasteiger partial charge in [0.05, 0.1) is 10.3 Å². The maximum Gasteiger partial charge on any atom is 0.311 e. The molecule has 7 heteroatoms. The van der Waals surface area contributed by atoms with Gasteiger partial charge in [0, 0.05) is 25.8 Å². The van der Waals surface area contributed by atoms with Gasteiger partial charge < -0.3 is 15.2 Å². The van der Waals surface area contributed by atoms with Crippen LogP contribution in [0.25, 0.3) is 0 Å². The lowest BCUT2D eigenvalue weighted by atomic mass is 9.80. The summed E-state index contributed by atoms with van der Waals surface area (Å²) < 4.78 is 5.21. The summed E-state index contributed by atoms with van der Waals surface area (Å²) in [6.07, 6.45) is 0.796. The summed E-state index contributed by atoms with van der Waals surface area (Å²) in [4.78, 5) is 22.1. The largest absolute Gasteiger partial charge is 0.481 e. The number of carboxylic acid groups (broad SMARTS) is 1. The summed E-state index contributed by atoms with van der Waals surface area (Å²) in [5, 5.41) is 23.5. The van der Waals surface area contributed by atoms with E-state index in [4.69, 9.17) is 4.74 Å². The Bertz CT molecular complexity index is 552. The molecule has 1 saturated heterocycles. The molecule has 1 aliphatic rings. The molecule has 0 radical (unpaired) electrons. The predicted molar refractivity (Wildman–Crippen MR) is 76.4 cm³/mol. The van der Waals surface area contributed by atoms with Gasteiger partial charge in [0.1, 0.15) is 5.69 Å². The van der Waals surface area contributed by atoms with Crippen molar-refractivity contribution >= 4 is 17.3 Å². The second kappa shape index (κ2) is 6.09. The highest BCUT2D eigenvalue weighted by Gasteiger charge is 2.40. The van der Waals surface area contributed by atoms with Crippen molar-refractivity contribution < 1.29 is 19.6 Å². The van der Waals surface area contributed by atoms with Gasteiger partial charge >= 0.3 is 5.97 Å². The van der Waals surface area contributed by atoms with Gasteiger partial charge in [-0.1, -0.05) is 6.07 Å². The number of carbonyl (C=O) groups is 1. The summed E-state index contributed by atoms with van der Waals surface area (Å²) >= 11 is 0. The molecule has 114 valence electrons. The van der Waals surface area contributed by atoms with Crippen molar-refractivity contribution in [2.45, 2.75) is 19.8 Å². The fourth-order valence-corrected chi connectivity index (χ4v) is 2.44. The number of nitrogens with one attached hydrogen (secondary N) is 1. The van der Waals surface area contributed by atoms with Crippen molar-refractivity contribution in [2.24, 2.45) is 5.41 Å². The summed E-state index contributed by atoms with van der Waals surface area (Å²) in [6, 6.07) is 4.84. The number of rotatable bonds is 5. The van der Waals surface area contributed by atoms with Gasteiger partial charge in [-0.3, -0.25) is 14.9 Å². The van der Waals surface area contributed by atoms with Crippen molar-refractivity contribution in [3.63, 3.8) is 0 Å². The number of nitro benzene ring substituents is 1. The third kappa shape index (κ3) is 3.30. The van der Waals surface area contributed by atoms with E-state index >= 15 is 0 Å². The molecule has 1 fully saturated rings. The maximum absolute atomic E-state index is 11.5. The van der Waals surface area contributed by atoms with Crippen LogP contribution in [0.2, 0.25) is 0 Å². The number of carboxylic acids is 1. The molecule has 0 aliphatic carbocycles. The van der Waals surface area contributed by atoms with Gasteiger partial charge in [0.2, 0.25) is 0 Å². The summed E-state index contributed by atoms with van der Waals surface area (Å²) in [5.74, 6) is -0.895. The number of anilines is 1. The van der Waals surface area contributed by atoms with E-state index < -0.39 is 16.3 Å². The van der Waals surface area contributed by atoms with Crippen LogP contribution >= 0.6 is 0 Å². The molecule has 0 unspecified atom stereocenters. The molecular weight excluding hydrogens is 276 g/mol. The van der Waals surface area contributed by atoms with E-state index in [1.54, 1.807) is 19.1 Å². The minimum absolute atomic E-state index is 0.0393. The van der Waals surface area contributed by atoms with E-state index in [1.807, 2.05) is 0 Å². The van der Waals surface area contributed by atoms with Crippen molar-refractivity contribution in [1.82, 2.24) is 0 Å². The molecule has 1 aliphatic heterocycles. The van der Waals surface area contributed by atoms with Gasteiger partial charge in [-0.05, 0) is 31.4 Å². The Labute approximate surface area is 122 Å². The van der Waals surface area contributed by atoms with Crippen LogP contribution in [-0.4, -0.2) is 35.8 Å². The molecule has 2 rings (SSSR count). The number of hydrogen-bond acceptors (Lipinski definition) is 5. The molecule has 0 aromatic heterocycles. The molecule has 0 bridgehead atoms. The zero-order valence-electron chi connectivity index (χ0n) is 11.8. The van der Waals surface area contributed by atoms with E-state index in [2.05, 4.69) is 5.32 Å². The monoisotopic (exact) mass is 294 g/mol. The normalized spacial score (nSPS) is 17.2. The Morgan fingerprint density at radius 1 is 1.48 bits per heavy atom. The number of aliphatic carboxylic acids is 1. The highest BCUT2D eigenvalue weighted by atomic mass is 16.6. The zero-order valence-corrected chi connectivity index (χ0v) is 11.8. The Balaban J connectivity index is 2.18. The number of nitrogens with zero attached hydrogens (tertiary/aromatic N) is 1. The van der Waals surface area contributed by atoms with Crippen LogP contribution in [0.3, 0.4) is 0 Å². The highest BCUT2D eigenvalue weighted by molar-refractivity contribution is 5.76. The molecule has 2 N–H and O–H groups in total. The molecule has 1 aromatic carbocycles. The Hall–Kier alpha value is -2.15. The standard InChI is InChI=1S/C14H18N2O5/c1-10-2-3-11(12(8-10)16(19)20)15-9-14(13(17)18)4-6-21-7-5-14/h2-3,8,15H,4-7,9H2,1H3,(H,17,18). The lowest BCUT2D eigenvalue weighted by molar-refractivity contribution is -0.384. The Kier molecular flexibility index (Phi) is 4.42. The van der Waals surface area contributed by atoms with Crippen LogP contribution in [0, 0.1) is 22.5 Å². The minimum Gasteiger partial charge on any atom is -0.481 e. The molecule has 7 nitrogen and oxygen atoms in total. The maximum atomic E-state index is 11.5. The van der Waals surface area contributed by atoms with E-state index in [-0.39, 0.29) is 12.2 Å². The van der Waals surface area contributed by atoms with Crippen molar-refractivity contribution in [3.05, 3.63) is 33.9 Å². The number of benzene rings is 1. The van der Waals surface area contributed by atoms with E-state index in [0.29, 0.717) is 31.7 Å². The van der Waals surface area contributed by atoms with Crippen molar-refractivity contribution in [2.75, 3.05) is 25.1 Å². The quantitative estimate of drug-likeness (QED) is 0.637. The molecule has 1 heterocycles. The SMILES string of the molecule is Cc1ccc(NCC2(C(=O)O)CCOCC2)c([N+](=O)[O-])c1. The fraction of sp³-hybridized carbons (Fsp3) is 0.500. The van der Waals surface area contributed by atoms with Gasteiger partial charge in [0.15, 0.2) is 0 Å². The van der Waals surface area contributed by atoms with E-state index in [0.717, 1.165) is 5.56 Å². The first-order chi connectivity index (χ1) is 9.94. The summed E-state index contributed by atoms with van der Waals surface area (Å²) in [6.45, 7) is 2.71. The molecule has 0 atom stereocenters. The van der Waals surface area contributed by atoms with Gasteiger partial charge in [0.25, 0.3) is 5.69 Å². The first-order valence-electron chi connectivity index (χ1n) is 6.75. The molecule has 21 heavy (non-hydrogen) atoms. The average molecular weight is 294 g/mol. The van der Waals surface area contributed by atoms with E-state index in [9.17, 15) is 20.0 Å². The van der Waals surface area contributed by atoms with Crippen LogP contribution in [0.5, 0.6) is 0 Å². The van der Waals surface area contributed by atoms with Crippen LogP contribution in [0.4, 0.5) is 11.4 Å². The van der Waals surface area contributed by atoms with Crippen LogP contribution in [0.15, 0.2) is 18.2 Å². The third-order valence-corrected chi connectivity index (χ3v) is 3.87. The van der Waals surface area contributed by atoms with Gasteiger partial charge in [-0.25, -0.2) is 0 Å². The van der Waals surface area contributed by atoms with Crippen molar-refractivity contribution in [3.8, 4) is 0 Å². The lowest BCUT2D eigenvalue weighted by Gasteiger charge is -2.33. The molecule has 0 saturated carbocycles. The molecule has 1 aromatic rings. The summed E-state index contributed by atoms with van der Waals surface area (Å²) in [5.41, 5.74) is 0.156. The van der Waals surface area contributed by atoms with Gasteiger partial charge in [-0.15, -0.1) is 0 Å². The predicted octanol–water partition coefficient (Wildman–Crippen LogP) is 2.20. The highest BCUT2D eigenvalue weighted by Crippen LogP contribution is 2.33. The smallest absolute Gasteiger partial charge is 0.311 e. The number of aryl methyl sites for hydroxylation is 1. The lowest BCUT2D eigenvalue weighted by Crippen LogP contribution is -2.42. The van der Waals surface area contributed by atoms with Crippen LogP contribution in [0.1, 0.15) is 18.4 Å². The third-order valence-electron chi connectivity index (χ3n) is 3.87. The van der Waals surface area contributed by atoms with E-state index in [1.165, 1.54) is 6.07 Å². The minimum atomic E-state index is -0.934. The Morgan fingerprint density at radius 3 is 2.71 bits per heavy atom. The van der Waals surface area contributed by atoms with Crippen molar-refractivity contribution in [1.29, 1.82) is 0 Å². The first kappa shape index (κ1) is 15.2. The molecular formula is C14H18N2O5. The second-order valence-corrected chi connectivity index (χ2v) is 5.33. The van der Waals surface area contributed by atoms with Crippen LogP contribution in [-0.2, 0) is 9.53 Å². The first-order valence-corrected chi connectivity index (χ1v) is 6.75. The molecule has 0 spiro atoms. The second-order valence-electron chi connectivity index (χ2n) is 5.33.